The minimum Gasteiger partial charge on any atom is -0.377 e. The highest BCUT2D eigenvalue weighted by atomic mass is 16.5. The summed E-state index contributed by atoms with van der Waals surface area (Å²) in [7, 11) is 0. The van der Waals surface area contributed by atoms with Crippen molar-refractivity contribution in [3.05, 3.63) is 0 Å². The molecule has 0 radical (unpaired) electrons. The predicted octanol–water partition coefficient (Wildman–Crippen LogP) is 1.44. The van der Waals surface area contributed by atoms with Crippen LogP contribution < -0.4 is 11.1 Å². The lowest BCUT2D eigenvalue weighted by Gasteiger charge is -2.65. The predicted molar refractivity (Wildman–Crippen MR) is 78.8 cm³/mol. The van der Waals surface area contributed by atoms with Gasteiger partial charge in [-0.3, -0.25) is 4.79 Å². The van der Waals surface area contributed by atoms with E-state index < -0.39 is 5.54 Å². The van der Waals surface area contributed by atoms with Crippen molar-refractivity contribution >= 4 is 5.91 Å². The summed E-state index contributed by atoms with van der Waals surface area (Å²) in [6.07, 6.45) is 9.20. The van der Waals surface area contributed by atoms with Gasteiger partial charge in [0.2, 0.25) is 5.91 Å². The number of ether oxygens (including phenoxy) is 1. The van der Waals surface area contributed by atoms with Gasteiger partial charge in [0.25, 0.3) is 0 Å². The normalized spacial score (nSPS) is 36.1. The summed E-state index contributed by atoms with van der Waals surface area (Å²) in [5.74, 6) is 2.62. The van der Waals surface area contributed by atoms with E-state index in [1.807, 2.05) is 20.8 Å². The molecule has 0 aromatic carbocycles. The first-order valence-corrected chi connectivity index (χ1v) is 7.57. The first-order valence-electron chi connectivity index (χ1n) is 7.57. The first-order chi connectivity index (χ1) is 9.39. The molecular weight excluding hydrogens is 252 g/mol. The van der Waals surface area contributed by atoms with E-state index in [-0.39, 0.29) is 29.4 Å². The van der Waals surface area contributed by atoms with Crippen LogP contribution in [0.3, 0.4) is 0 Å². The van der Waals surface area contributed by atoms with Crippen LogP contribution in [-0.4, -0.2) is 30.2 Å². The number of fused-ring (bicyclic) bond motifs is 1. The maximum Gasteiger partial charge on any atom is 0.242 e. The van der Waals surface area contributed by atoms with Gasteiger partial charge in [-0.15, -0.1) is 6.42 Å². The number of amides is 1. The molecule has 20 heavy (non-hydrogen) atoms. The van der Waals surface area contributed by atoms with Gasteiger partial charge in [0, 0.05) is 17.9 Å². The quantitative estimate of drug-likeness (QED) is 0.765. The molecule has 1 aliphatic heterocycles. The fourth-order valence-electron chi connectivity index (χ4n) is 3.80. The fraction of sp³-hybridized carbons (Fsp3) is 0.812. The second-order valence-corrected chi connectivity index (χ2v) is 6.61. The van der Waals surface area contributed by atoms with E-state index in [1.54, 1.807) is 0 Å². The number of hydrogen-bond acceptors (Lipinski definition) is 3. The highest BCUT2D eigenvalue weighted by molar-refractivity contribution is 5.90. The van der Waals surface area contributed by atoms with Crippen LogP contribution in [0.1, 0.15) is 46.5 Å². The number of carbonyl (C=O) groups excluding carboxylic acids is 1. The largest absolute Gasteiger partial charge is 0.377 e. The molecule has 2 aliphatic rings. The highest BCUT2D eigenvalue weighted by Gasteiger charge is 2.70. The Labute approximate surface area is 121 Å². The maximum atomic E-state index is 12.7. The number of hydrogen-bond donors (Lipinski definition) is 2. The standard InChI is InChI=1S/C16H26N2O2/c1-5-8-11(6-2)18-14(19)16(17)12-9-7-10-20-13(12)15(16,3)4/h2,11-13H,5,7-10,17H2,1,3-4H3,(H,18,19). The Morgan fingerprint density at radius 3 is 2.90 bits per heavy atom. The van der Waals surface area contributed by atoms with Crippen molar-refractivity contribution in [1.29, 1.82) is 0 Å². The van der Waals surface area contributed by atoms with E-state index in [0.29, 0.717) is 0 Å². The molecule has 0 aromatic rings. The van der Waals surface area contributed by atoms with Gasteiger partial charge >= 0.3 is 0 Å². The fourth-order valence-corrected chi connectivity index (χ4v) is 3.80. The van der Waals surface area contributed by atoms with Crippen LogP contribution in [0, 0.1) is 23.7 Å². The van der Waals surface area contributed by atoms with Crippen molar-refractivity contribution in [2.24, 2.45) is 17.1 Å². The van der Waals surface area contributed by atoms with E-state index in [1.165, 1.54) is 0 Å². The number of rotatable bonds is 4. The Hall–Kier alpha value is -1.05. The van der Waals surface area contributed by atoms with Crippen LogP contribution in [0.4, 0.5) is 0 Å². The summed E-state index contributed by atoms with van der Waals surface area (Å²) in [6, 6.07) is -0.229. The smallest absolute Gasteiger partial charge is 0.242 e. The van der Waals surface area contributed by atoms with E-state index in [4.69, 9.17) is 16.9 Å². The van der Waals surface area contributed by atoms with Gasteiger partial charge in [0.05, 0.1) is 12.1 Å². The average molecular weight is 278 g/mol. The molecular formula is C16H26N2O2. The third kappa shape index (κ3) is 2.04. The molecule has 4 atom stereocenters. The summed E-state index contributed by atoms with van der Waals surface area (Å²) in [5.41, 5.74) is 5.29. The molecule has 0 aromatic heterocycles. The van der Waals surface area contributed by atoms with Crippen molar-refractivity contribution in [2.75, 3.05) is 6.61 Å². The molecule has 4 nitrogen and oxygen atoms in total. The van der Waals surface area contributed by atoms with Crippen molar-refractivity contribution < 1.29 is 9.53 Å². The van der Waals surface area contributed by atoms with Crippen molar-refractivity contribution in [3.8, 4) is 12.3 Å². The van der Waals surface area contributed by atoms with Crippen LogP contribution >= 0.6 is 0 Å². The van der Waals surface area contributed by atoms with Gasteiger partial charge in [-0.25, -0.2) is 0 Å². The van der Waals surface area contributed by atoms with Crippen molar-refractivity contribution in [1.82, 2.24) is 5.32 Å². The first kappa shape index (κ1) is 15.3. The number of nitrogens with one attached hydrogen (secondary N) is 1. The van der Waals surface area contributed by atoms with Gasteiger partial charge in [-0.05, 0) is 19.3 Å². The number of terminal acetylenes is 1. The van der Waals surface area contributed by atoms with Gasteiger partial charge < -0.3 is 15.8 Å². The zero-order valence-corrected chi connectivity index (χ0v) is 12.7. The van der Waals surface area contributed by atoms with E-state index in [9.17, 15) is 4.79 Å². The van der Waals surface area contributed by atoms with Gasteiger partial charge in [-0.2, -0.15) is 0 Å². The summed E-state index contributed by atoms with van der Waals surface area (Å²) >= 11 is 0. The molecule has 1 amide bonds. The van der Waals surface area contributed by atoms with Crippen LogP contribution in [0.15, 0.2) is 0 Å². The summed E-state index contributed by atoms with van der Waals surface area (Å²) in [4.78, 5) is 12.7. The minimum absolute atomic E-state index is 0.0856. The van der Waals surface area contributed by atoms with Gasteiger partial charge in [-0.1, -0.05) is 33.1 Å². The summed E-state index contributed by atoms with van der Waals surface area (Å²) in [6.45, 7) is 6.85. The summed E-state index contributed by atoms with van der Waals surface area (Å²) in [5, 5.41) is 2.94. The van der Waals surface area contributed by atoms with Crippen LogP contribution in [0.25, 0.3) is 0 Å². The molecule has 1 heterocycles. The third-order valence-corrected chi connectivity index (χ3v) is 5.14. The van der Waals surface area contributed by atoms with Crippen LogP contribution in [0.5, 0.6) is 0 Å². The molecule has 0 spiro atoms. The van der Waals surface area contributed by atoms with E-state index >= 15 is 0 Å². The van der Waals surface area contributed by atoms with E-state index in [2.05, 4.69) is 11.2 Å². The molecule has 1 saturated heterocycles. The molecule has 2 fully saturated rings. The SMILES string of the molecule is C#CC(CCC)NC(=O)C1(N)C2CCCOC2C1(C)C. The Morgan fingerprint density at radius 1 is 1.60 bits per heavy atom. The Morgan fingerprint density at radius 2 is 2.30 bits per heavy atom. The second-order valence-electron chi connectivity index (χ2n) is 6.61. The van der Waals surface area contributed by atoms with Gasteiger partial charge in [0.1, 0.15) is 5.54 Å². The second kappa shape index (κ2) is 5.38. The lowest BCUT2D eigenvalue weighted by molar-refractivity contribution is -0.225. The zero-order chi connectivity index (χ0) is 15.0. The molecule has 2 rings (SSSR count). The lowest BCUT2D eigenvalue weighted by Crippen LogP contribution is -2.82. The van der Waals surface area contributed by atoms with Gasteiger partial charge in [0.15, 0.2) is 0 Å². The van der Waals surface area contributed by atoms with Crippen molar-refractivity contribution in [3.63, 3.8) is 0 Å². The Balaban J connectivity index is 2.13. The topological polar surface area (TPSA) is 64.4 Å². The Kier molecular flexibility index (Phi) is 4.13. The zero-order valence-electron chi connectivity index (χ0n) is 12.7. The van der Waals surface area contributed by atoms with E-state index in [0.717, 1.165) is 32.3 Å². The monoisotopic (exact) mass is 278 g/mol. The molecule has 1 saturated carbocycles. The third-order valence-electron chi connectivity index (χ3n) is 5.14. The Bertz CT molecular complexity index is 427. The number of carbonyl (C=O) groups is 1. The molecule has 3 N–H and O–H groups in total. The molecule has 4 unspecified atom stereocenters. The van der Waals surface area contributed by atoms with Crippen LogP contribution in [-0.2, 0) is 9.53 Å². The number of nitrogens with two attached hydrogens (primary N) is 1. The molecule has 4 heteroatoms. The van der Waals surface area contributed by atoms with Crippen molar-refractivity contribution in [2.45, 2.75) is 64.1 Å². The molecule has 0 bridgehead atoms. The molecule has 112 valence electrons. The molecule has 1 aliphatic carbocycles. The highest BCUT2D eigenvalue weighted by Crippen LogP contribution is 2.57. The minimum atomic E-state index is -0.874. The van der Waals surface area contributed by atoms with Crippen LogP contribution in [0.2, 0.25) is 0 Å². The summed E-state index contributed by atoms with van der Waals surface area (Å²) < 4.78 is 5.82. The maximum absolute atomic E-state index is 12.7. The average Bonchev–Trinajstić information content (AvgIpc) is 2.45. The lowest BCUT2D eigenvalue weighted by atomic mass is 9.46.